The smallest absolute Gasteiger partial charge is 0.170 e. The van der Waals surface area contributed by atoms with Gasteiger partial charge in [-0.25, -0.2) is 9.97 Å². The molecule has 0 unspecified atom stereocenters. The zero-order chi connectivity index (χ0) is 15.5. The molecule has 2 aliphatic rings. The van der Waals surface area contributed by atoms with Crippen molar-refractivity contribution in [3.05, 3.63) is 16.5 Å². The first kappa shape index (κ1) is 15.2. The maximum Gasteiger partial charge on any atom is 0.170 e. The third-order valence-electron chi connectivity index (χ3n) is 4.54. The number of anilines is 1. The lowest BCUT2D eigenvalue weighted by atomic mass is 9.83. The summed E-state index contributed by atoms with van der Waals surface area (Å²) in [7, 11) is 0. The molecule has 5 nitrogen and oxygen atoms in total. The molecular formula is C16H19ClN4O. The van der Waals surface area contributed by atoms with E-state index in [0.717, 1.165) is 50.9 Å². The summed E-state index contributed by atoms with van der Waals surface area (Å²) in [6, 6.07) is 2.35. The van der Waals surface area contributed by atoms with Gasteiger partial charge in [0.2, 0.25) is 0 Å². The Kier molecular flexibility index (Phi) is 4.58. The highest BCUT2D eigenvalue weighted by Crippen LogP contribution is 2.39. The Labute approximate surface area is 135 Å². The van der Waals surface area contributed by atoms with E-state index >= 15 is 0 Å². The van der Waals surface area contributed by atoms with Crippen LogP contribution >= 0.6 is 11.6 Å². The fourth-order valence-corrected chi connectivity index (χ4v) is 3.13. The molecule has 2 aliphatic carbocycles. The first-order chi connectivity index (χ1) is 10.7. The molecule has 22 heavy (non-hydrogen) atoms. The van der Waals surface area contributed by atoms with Crippen LogP contribution in [0.4, 0.5) is 5.82 Å². The Morgan fingerprint density at radius 1 is 1.23 bits per heavy atom. The van der Waals surface area contributed by atoms with E-state index < -0.39 is 0 Å². The second-order valence-corrected chi connectivity index (χ2v) is 6.63. The molecule has 1 heterocycles. The van der Waals surface area contributed by atoms with Crippen molar-refractivity contribution in [2.24, 2.45) is 11.8 Å². The summed E-state index contributed by atoms with van der Waals surface area (Å²) in [6.45, 7) is 0.775. The van der Waals surface area contributed by atoms with Crippen molar-refractivity contribution in [2.75, 3.05) is 11.9 Å². The molecule has 2 saturated carbocycles. The summed E-state index contributed by atoms with van der Waals surface area (Å²) in [4.78, 5) is 19.9. The van der Waals surface area contributed by atoms with Crippen molar-refractivity contribution in [1.29, 1.82) is 5.26 Å². The van der Waals surface area contributed by atoms with E-state index in [4.69, 9.17) is 16.9 Å². The topological polar surface area (TPSA) is 78.7 Å². The molecule has 1 aromatic heterocycles. The fourth-order valence-electron chi connectivity index (χ4n) is 2.94. The second-order valence-electron chi connectivity index (χ2n) is 6.25. The zero-order valence-electron chi connectivity index (χ0n) is 12.4. The number of carbonyl (C=O) groups is 1. The minimum absolute atomic E-state index is 0.210. The molecule has 1 aromatic rings. The van der Waals surface area contributed by atoms with Gasteiger partial charge in [-0.3, -0.25) is 4.79 Å². The highest BCUT2D eigenvalue weighted by Gasteiger charge is 2.29. The normalized spacial score (nSPS) is 24.5. The van der Waals surface area contributed by atoms with Crippen LogP contribution in [0.2, 0.25) is 5.02 Å². The zero-order valence-corrected chi connectivity index (χ0v) is 13.1. The number of halogens is 1. The van der Waals surface area contributed by atoms with Gasteiger partial charge in [0, 0.05) is 18.4 Å². The molecule has 0 radical (unpaired) electrons. The van der Waals surface area contributed by atoms with Gasteiger partial charge in [0.15, 0.2) is 6.29 Å². The van der Waals surface area contributed by atoms with Gasteiger partial charge in [-0.15, -0.1) is 0 Å². The maximum absolute atomic E-state index is 11.1. The summed E-state index contributed by atoms with van der Waals surface area (Å²) in [5, 5.41) is 12.5. The molecule has 1 N–H and O–H groups in total. The number of aldehydes is 1. The maximum atomic E-state index is 11.1. The lowest BCUT2D eigenvalue weighted by Crippen LogP contribution is -2.21. The van der Waals surface area contributed by atoms with Gasteiger partial charge in [-0.05, 0) is 44.4 Å². The summed E-state index contributed by atoms with van der Waals surface area (Å²) in [5.74, 6) is 2.41. The van der Waals surface area contributed by atoms with Crippen molar-refractivity contribution in [1.82, 2.24) is 9.97 Å². The number of hydrogen-bond donors (Lipinski definition) is 1. The van der Waals surface area contributed by atoms with Crippen molar-refractivity contribution in [2.45, 2.75) is 44.4 Å². The summed E-state index contributed by atoms with van der Waals surface area (Å²) < 4.78 is 0. The predicted octanol–water partition coefficient (Wildman–Crippen LogP) is 3.56. The molecular weight excluding hydrogens is 300 g/mol. The molecule has 116 valence electrons. The average molecular weight is 319 g/mol. The number of nitrogens with one attached hydrogen (secondary N) is 1. The Morgan fingerprint density at radius 2 is 1.95 bits per heavy atom. The average Bonchev–Trinajstić information content (AvgIpc) is 3.39. The largest absolute Gasteiger partial charge is 0.368 e. The Balaban J connectivity index is 1.66. The van der Waals surface area contributed by atoms with E-state index in [1.807, 2.05) is 0 Å². The Morgan fingerprint density at radius 3 is 2.55 bits per heavy atom. The van der Waals surface area contributed by atoms with Crippen LogP contribution in [0.25, 0.3) is 0 Å². The van der Waals surface area contributed by atoms with Crippen LogP contribution in [0, 0.1) is 23.2 Å². The number of nitrogens with zero attached hydrogens (tertiary/aromatic N) is 3. The summed E-state index contributed by atoms with van der Waals surface area (Å²) in [6.07, 6.45) is 6.88. The molecule has 0 atom stereocenters. The molecule has 0 saturated heterocycles. The molecule has 0 bridgehead atoms. The monoisotopic (exact) mass is 318 g/mol. The first-order valence-corrected chi connectivity index (χ1v) is 8.25. The Bertz CT molecular complexity index is 601. The SMILES string of the molecule is N#CC1CCC(CNc2nc(C3CC3)nc(C=O)c2Cl)CC1. The number of nitriles is 1. The van der Waals surface area contributed by atoms with Crippen molar-refractivity contribution in [3.63, 3.8) is 0 Å². The lowest BCUT2D eigenvalue weighted by molar-refractivity contribution is 0.111. The van der Waals surface area contributed by atoms with Crippen molar-refractivity contribution >= 4 is 23.7 Å². The number of hydrogen-bond acceptors (Lipinski definition) is 5. The number of rotatable bonds is 5. The molecule has 2 fully saturated rings. The van der Waals surface area contributed by atoms with Gasteiger partial charge < -0.3 is 5.32 Å². The van der Waals surface area contributed by atoms with Crippen LogP contribution in [0.5, 0.6) is 0 Å². The van der Waals surface area contributed by atoms with Crippen molar-refractivity contribution < 1.29 is 4.79 Å². The third-order valence-corrected chi connectivity index (χ3v) is 4.91. The Hall–Kier alpha value is -1.67. The van der Waals surface area contributed by atoms with E-state index in [-0.39, 0.29) is 11.6 Å². The molecule has 0 amide bonds. The number of aromatic nitrogens is 2. The van der Waals surface area contributed by atoms with Gasteiger partial charge in [-0.2, -0.15) is 5.26 Å². The van der Waals surface area contributed by atoms with Crippen LogP contribution < -0.4 is 5.32 Å². The quantitative estimate of drug-likeness (QED) is 0.840. The lowest BCUT2D eigenvalue weighted by Gasteiger charge is -2.25. The molecule has 0 aromatic carbocycles. The summed E-state index contributed by atoms with van der Waals surface area (Å²) in [5.41, 5.74) is 0.272. The fraction of sp³-hybridized carbons (Fsp3) is 0.625. The van der Waals surface area contributed by atoms with Crippen LogP contribution in [0.1, 0.15) is 60.8 Å². The number of carbonyl (C=O) groups excluding carboxylic acids is 1. The minimum atomic E-state index is 0.210. The van der Waals surface area contributed by atoms with Gasteiger partial charge in [0.25, 0.3) is 0 Å². The van der Waals surface area contributed by atoms with Gasteiger partial charge in [0.1, 0.15) is 22.4 Å². The van der Waals surface area contributed by atoms with E-state index in [9.17, 15) is 4.79 Å². The van der Waals surface area contributed by atoms with E-state index in [1.54, 1.807) is 0 Å². The molecule has 6 heteroatoms. The third kappa shape index (κ3) is 3.38. The van der Waals surface area contributed by atoms with Crippen LogP contribution in [0.3, 0.4) is 0 Å². The summed E-state index contributed by atoms with van der Waals surface area (Å²) >= 11 is 6.21. The van der Waals surface area contributed by atoms with Gasteiger partial charge >= 0.3 is 0 Å². The minimum Gasteiger partial charge on any atom is -0.368 e. The van der Waals surface area contributed by atoms with Gasteiger partial charge in [-0.1, -0.05) is 11.6 Å². The van der Waals surface area contributed by atoms with E-state index in [2.05, 4.69) is 21.4 Å². The van der Waals surface area contributed by atoms with E-state index in [0.29, 0.717) is 29.0 Å². The second kappa shape index (κ2) is 6.62. The van der Waals surface area contributed by atoms with Crippen LogP contribution in [-0.4, -0.2) is 22.8 Å². The van der Waals surface area contributed by atoms with Crippen LogP contribution in [-0.2, 0) is 0 Å². The van der Waals surface area contributed by atoms with E-state index in [1.165, 1.54) is 0 Å². The highest BCUT2D eigenvalue weighted by molar-refractivity contribution is 6.35. The predicted molar refractivity (Wildman–Crippen MR) is 84.0 cm³/mol. The molecule has 0 aliphatic heterocycles. The van der Waals surface area contributed by atoms with Crippen LogP contribution in [0.15, 0.2) is 0 Å². The molecule has 3 rings (SSSR count). The standard InChI is InChI=1S/C16H19ClN4O/c17-14-13(9-22)20-15(12-5-6-12)21-16(14)19-8-11-3-1-10(7-18)2-4-11/h9-12H,1-6,8H2,(H,19,20,21). The van der Waals surface area contributed by atoms with Crippen molar-refractivity contribution in [3.8, 4) is 6.07 Å². The first-order valence-electron chi connectivity index (χ1n) is 7.87. The van der Waals surface area contributed by atoms with Gasteiger partial charge in [0.05, 0.1) is 6.07 Å². The molecule has 0 spiro atoms. The highest BCUT2D eigenvalue weighted by atomic mass is 35.5.